The number of nitrogen functional groups attached to an aromatic ring is 1. The number of anilines is 2. The Morgan fingerprint density at radius 3 is 2.80 bits per heavy atom. The molecule has 1 heterocycles. The first-order valence-electron chi connectivity index (χ1n) is 6.33. The Kier molecular flexibility index (Phi) is 4.25. The molecule has 0 spiro atoms. The van der Waals surface area contributed by atoms with Crippen LogP contribution in [-0.2, 0) is 6.42 Å². The van der Waals surface area contributed by atoms with E-state index < -0.39 is 0 Å². The minimum atomic E-state index is -0.249. The third-order valence-electron chi connectivity index (χ3n) is 2.89. The van der Waals surface area contributed by atoms with Gasteiger partial charge in [0.1, 0.15) is 5.82 Å². The lowest BCUT2D eigenvalue weighted by Gasteiger charge is -2.09. The Morgan fingerprint density at radius 1 is 1.35 bits per heavy atom. The van der Waals surface area contributed by atoms with E-state index in [-0.39, 0.29) is 5.91 Å². The van der Waals surface area contributed by atoms with Crippen LogP contribution in [0, 0.1) is 6.92 Å². The SMILES string of the molecule is CCc1cc(C(=O)Nc2cc(C)ccc2Cl)cc(N)n1. The molecule has 0 bridgehead atoms. The van der Waals surface area contributed by atoms with Gasteiger partial charge in [-0.1, -0.05) is 24.6 Å². The largest absolute Gasteiger partial charge is 0.384 e. The fourth-order valence-electron chi connectivity index (χ4n) is 1.85. The van der Waals surface area contributed by atoms with E-state index in [1.807, 2.05) is 26.0 Å². The van der Waals surface area contributed by atoms with Gasteiger partial charge in [0.05, 0.1) is 10.7 Å². The summed E-state index contributed by atoms with van der Waals surface area (Å²) in [5.74, 6) is 0.0890. The van der Waals surface area contributed by atoms with Crippen LogP contribution >= 0.6 is 11.6 Å². The second kappa shape index (κ2) is 5.92. The molecule has 3 N–H and O–H groups in total. The maximum absolute atomic E-state index is 12.2. The zero-order chi connectivity index (χ0) is 14.7. The van der Waals surface area contributed by atoms with Crippen molar-refractivity contribution in [2.45, 2.75) is 20.3 Å². The number of nitrogens with two attached hydrogens (primary N) is 1. The summed E-state index contributed by atoms with van der Waals surface area (Å²) in [6.45, 7) is 3.90. The zero-order valence-corrected chi connectivity index (χ0v) is 12.2. The number of nitrogens with zero attached hydrogens (tertiary/aromatic N) is 1. The third kappa shape index (κ3) is 3.27. The van der Waals surface area contributed by atoms with E-state index in [1.54, 1.807) is 18.2 Å². The number of amides is 1. The summed E-state index contributed by atoms with van der Waals surface area (Å²) in [5, 5.41) is 3.29. The van der Waals surface area contributed by atoms with Crippen molar-refractivity contribution in [3.05, 3.63) is 52.2 Å². The van der Waals surface area contributed by atoms with Gasteiger partial charge in [0.15, 0.2) is 0 Å². The van der Waals surface area contributed by atoms with Crippen molar-refractivity contribution in [3.63, 3.8) is 0 Å². The van der Waals surface area contributed by atoms with Gasteiger partial charge in [-0.05, 0) is 43.2 Å². The standard InChI is InChI=1S/C15H16ClN3O/c1-3-11-7-10(8-14(17)18-11)15(20)19-13-6-9(2)4-5-12(13)16/h4-8H,3H2,1-2H3,(H2,17,18)(H,19,20). The van der Waals surface area contributed by atoms with Crippen LogP contribution in [0.2, 0.25) is 5.02 Å². The molecule has 20 heavy (non-hydrogen) atoms. The lowest BCUT2D eigenvalue weighted by molar-refractivity contribution is 0.102. The van der Waals surface area contributed by atoms with Crippen LogP contribution in [0.1, 0.15) is 28.5 Å². The van der Waals surface area contributed by atoms with Gasteiger partial charge in [0.2, 0.25) is 0 Å². The average Bonchev–Trinajstić information content (AvgIpc) is 2.42. The number of aryl methyl sites for hydroxylation is 2. The molecule has 0 unspecified atom stereocenters. The molecule has 0 aliphatic heterocycles. The van der Waals surface area contributed by atoms with Crippen molar-refractivity contribution < 1.29 is 4.79 Å². The van der Waals surface area contributed by atoms with Crippen LogP contribution in [-0.4, -0.2) is 10.9 Å². The second-order valence-corrected chi connectivity index (χ2v) is 4.97. The Labute approximate surface area is 123 Å². The van der Waals surface area contributed by atoms with E-state index in [0.717, 1.165) is 17.7 Å². The van der Waals surface area contributed by atoms with Crippen LogP contribution in [0.4, 0.5) is 11.5 Å². The van der Waals surface area contributed by atoms with Crippen molar-refractivity contribution in [3.8, 4) is 0 Å². The summed E-state index contributed by atoms with van der Waals surface area (Å²) in [7, 11) is 0. The van der Waals surface area contributed by atoms with E-state index >= 15 is 0 Å². The number of halogens is 1. The summed E-state index contributed by atoms with van der Waals surface area (Å²) in [6.07, 6.45) is 0.719. The minimum absolute atomic E-state index is 0.249. The van der Waals surface area contributed by atoms with Gasteiger partial charge in [-0.25, -0.2) is 4.98 Å². The highest BCUT2D eigenvalue weighted by Gasteiger charge is 2.11. The van der Waals surface area contributed by atoms with Crippen LogP contribution < -0.4 is 11.1 Å². The number of nitrogens with one attached hydrogen (secondary N) is 1. The highest BCUT2D eigenvalue weighted by atomic mass is 35.5. The molecule has 1 aromatic carbocycles. The smallest absolute Gasteiger partial charge is 0.255 e. The summed E-state index contributed by atoms with van der Waals surface area (Å²) in [6, 6.07) is 8.75. The first-order chi connectivity index (χ1) is 9.49. The summed E-state index contributed by atoms with van der Waals surface area (Å²) < 4.78 is 0. The lowest BCUT2D eigenvalue weighted by atomic mass is 10.1. The van der Waals surface area contributed by atoms with Crippen molar-refractivity contribution >= 4 is 29.0 Å². The molecule has 4 nitrogen and oxygen atoms in total. The molecule has 2 aromatic rings. The fraction of sp³-hybridized carbons (Fsp3) is 0.200. The van der Waals surface area contributed by atoms with Gasteiger partial charge in [0.25, 0.3) is 5.91 Å². The molecule has 2 rings (SSSR count). The molecule has 5 heteroatoms. The number of carbonyl (C=O) groups excluding carboxylic acids is 1. The summed E-state index contributed by atoms with van der Waals surface area (Å²) in [5.41, 5.74) is 8.57. The molecule has 0 aliphatic rings. The van der Waals surface area contributed by atoms with Crippen LogP contribution in [0.15, 0.2) is 30.3 Å². The highest BCUT2D eigenvalue weighted by Crippen LogP contribution is 2.23. The van der Waals surface area contributed by atoms with Gasteiger partial charge in [-0.15, -0.1) is 0 Å². The Morgan fingerprint density at radius 2 is 2.10 bits per heavy atom. The van der Waals surface area contributed by atoms with Crippen LogP contribution in [0.3, 0.4) is 0 Å². The first kappa shape index (κ1) is 14.3. The molecule has 0 saturated carbocycles. The average molecular weight is 290 g/mol. The van der Waals surface area contributed by atoms with Crippen molar-refractivity contribution in [1.29, 1.82) is 0 Å². The molecule has 0 aliphatic carbocycles. The van der Waals surface area contributed by atoms with Crippen LogP contribution in [0.25, 0.3) is 0 Å². The molecular weight excluding hydrogens is 274 g/mol. The molecule has 1 aromatic heterocycles. The Hall–Kier alpha value is -2.07. The number of pyridine rings is 1. The number of rotatable bonds is 3. The monoisotopic (exact) mass is 289 g/mol. The van der Waals surface area contributed by atoms with Crippen LogP contribution in [0.5, 0.6) is 0 Å². The number of hydrogen-bond donors (Lipinski definition) is 2. The first-order valence-corrected chi connectivity index (χ1v) is 6.71. The number of carbonyl (C=O) groups is 1. The maximum Gasteiger partial charge on any atom is 0.255 e. The van der Waals surface area contributed by atoms with Gasteiger partial charge in [-0.2, -0.15) is 0 Å². The molecule has 0 saturated heterocycles. The number of aromatic nitrogens is 1. The second-order valence-electron chi connectivity index (χ2n) is 4.56. The van der Waals surface area contributed by atoms with Gasteiger partial charge < -0.3 is 11.1 Å². The Bertz CT molecular complexity index is 656. The predicted molar refractivity (Wildman–Crippen MR) is 82.2 cm³/mol. The van der Waals surface area contributed by atoms with Gasteiger partial charge in [0, 0.05) is 11.3 Å². The molecular formula is C15H16ClN3O. The molecule has 0 atom stereocenters. The quantitative estimate of drug-likeness (QED) is 0.909. The number of benzene rings is 1. The molecule has 104 valence electrons. The summed E-state index contributed by atoms with van der Waals surface area (Å²) in [4.78, 5) is 16.4. The van der Waals surface area contributed by atoms with Crippen molar-refractivity contribution in [1.82, 2.24) is 4.98 Å². The fourth-order valence-corrected chi connectivity index (χ4v) is 2.02. The Balaban J connectivity index is 2.28. The predicted octanol–water partition coefficient (Wildman–Crippen LogP) is 3.44. The number of hydrogen-bond acceptors (Lipinski definition) is 3. The molecule has 0 radical (unpaired) electrons. The third-order valence-corrected chi connectivity index (χ3v) is 3.22. The van der Waals surface area contributed by atoms with E-state index in [2.05, 4.69) is 10.3 Å². The normalized spacial score (nSPS) is 10.3. The maximum atomic E-state index is 12.2. The highest BCUT2D eigenvalue weighted by molar-refractivity contribution is 6.34. The summed E-state index contributed by atoms with van der Waals surface area (Å²) >= 11 is 6.07. The van der Waals surface area contributed by atoms with E-state index in [4.69, 9.17) is 17.3 Å². The zero-order valence-electron chi connectivity index (χ0n) is 11.4. The molecule has 1 amide bonds. The van der Waals surface area contributed by atoms with E-state index in [0.29, 0.717) is 22.1 Å². The van der Waals surface area contributed by atoms with E-state index in [1.165, 1.54) is 0 Å². The van der Waals surface area contributed by atoms with Gasteiger partial charge in [-0.3, -0.25) is 4.79 Å². The minimum Gasteiger partial charge on any atom is -0.384 e. The van der Waals surface area contributed by atoms with Crippen molar-refractivity contribution in [2.24, 2.45) is 0 Å². The van der Waals surface area contributed by atoms with Crippen molar-refractivity contribution in [2.75, 3.05) is 11.1 Å². The van der Waals surface area contributed by atoms with Gasteiger partial charge >= 0.3 is 0 Å². The topological polar surface area (TPSA) is 68.0 Å². The van der Waals surface area contributed by atoms with E-state index in [9.17, 15) is 4.79 Å². The molecule has 0 fully saturated rings. The lowest BCUT2D eigenvalue weighted by Crippen LogP contribution is -2.14.